The summed E-state index contributed by atoms with van der Waals surface area (Å²) in [5, 5.41) is 14.5. The van der Waals surface area contributed by atoms with Crippen LogP contribution in [0.3, 0.4) is 0 Å². The molecule has 0 spiro atoms. The highest BCUT2D eigenvalue weighted by molar-refractivity contribution is 5.85. The lowest BCUT2D eigenvalue weighted by Crippen LogP contribution is -2.54. The number of aromatic nitrogens is 1. The standard InChI is InChI=1S/C17H21FN4O3/c1-4-20-9-16(22(24)25)17(23)12-5-13(18)15(6-14(12)20)21-7-10(2)19-11(3)8-21/h5-6,9-11,19H,4,7-8H2,1-3H3/t10-,11-/m1/s1. The van der Waals surface area contributed by atoms with E-state index >= 15 is 0 Å². The van der Waals surface area contributed by atoms with E-state index < -0.39 is 21.9 Å². The van der Waals surface area contributed by atoms with Crippen LogP contribution in [0.2, 0.25) is 0 Å². The Hall–Kier alpha value is -2.48. The zero-order valence-electron chi connectivity index (χ0n) is 14.5. The van der Waals surface area contributed by atoms with Crippen molar-refractivity contribution in [2.75, 3.05) is 18.0 Å². The van der Waals surface area contributed by atoms with Gasteiger partial charge in [0, 0.05) is 31.7 Å². The second kappa shape index (κ2) is 6.44. The van der Waals surface area contributed by atoms with Crippen LogP contribution < -0.4 is 15.6 Å². The smallest absolute Gasteiger partial charge is 0.332 e. The summed E-state index contributed by atoms with van der Waals surface area (Å²) in [6, 6.07) is 3.18. The molecule has 7 nitrogen and oxygen atoms in total. The lowest BCUT2D eigenvalue weighted by molar-refractivity contribution is -0.386. The number of aryl methyl sites for hydroxylation is 1. The molecule has 0 radical (unpaired) electrons. The Morgan fingerprint density at radius 1 is 1.32 bits per heavy atom. The molecule has 1 aromatic heterocycles. The first-order valence-corrected chi connectivity index (χ1v) is 8.33. The molecule has 0 bridgehead atoms. The second-order valence-corrected chi connectivity index (χ2v) is 6.58. The number of pyridine rings is 1. The van der Waals surface area contributed by atoms with Gasteiger partial charge >= 0.3 is 5.69 Å². The number of nitro groups is 1. The summed E-state index contributed by atoms with van der Waals surface area (Å²) < 4.78 is 16.3. The zero-order chi connectivity index (χ0) is 18.3. The number of hydrogen-bond acceptors (Lipinski definition) is 5. The van der Waals surface area contributed by atoms with Gasteiger partial charge in [0.25, 0.3) is 5.43 Å². The fraction of sp³-hybridized carbons (Fsp3) is 0.471. The first-order valence-electron chi connectivity index (χ1n) is 8.33. The van der Waals surface area contributed by atoms with E-state index in [1.807, 2.05) is 25.7 Å². The molecule has 1 N–H and O–H groups in total. The van der Waals surface area contributed by atoms with Gasteiger partial charge in [0.15, 0.2) is 0 Å². The molecule has 2 heterocycles. The molecule has 1 fully saturated rings. The molecule has 0 amide bonds. The van der Waals surface area contributed by atoms with Gasteiger partial charge in [0.2, 0.25) is 0 Å². The molecule has 2 aromatic rings. The van der Waals surface area contributed by atoms with Gasteiger partial charge in [-0.3, -0.25) is 14.9 Å². The van der Waals surface area contributed by atoms with Crippen molar-refractivity contribution in [3.8, 4) is 0 Å². The van der Waals surface area contributed by atoms with Gasteiger partial charge in [-0.2, -0.15) is 0 Å². The minimum atomic E-state index is -0.753. The van der Waals surface area contributed by atoms with Gasteiger partial charge in [0.05, 0.1) is 27.7 Å². The van der Waals surface area contributed by atoms with Crippen LogP contribution in [0.25, 0.3) is 10.9 Å². The van der Waals surface area contributed by atoms with E-state index in [4.69, 9.17) is 0 Å². The minimum Gasteiger partial charge on any atom is -0.366 e. The van der Waals surface area contributed by atoms with Crippen molar-refractivity contribution in [3.05, 3.63) is 44.5 Å². The molecule has 1 aromatic carbocycles. The molecular weight excluding hydrogens is 327 g/mol. The van der Waals surface area contributed by atoms with Crippen LogP contribution in [-0.4, -0.2) is 34.7 Å². The summed E-state index contributed by atoms with van der Waals surface area (Å²) in [5.41, 5.74) is -0.361. The Morgan fingerprint density at radius 3 is 2.52 bits per heavy atom. The van der Waals surface area contributed by atoms with Crippen molar-refractivity contribution >= 4 is 22.3 Å². The molecule has 0 unspecified atom stereocenters. The van der Waals surface area contributed by atoms with Gasteiger partial charge < -0.3 is 14.8 Å². The predicted octanol–water partition coefficient (Wildman–Crippen LogP) is 2.26. The van der Waals surface area contributed by atoms with Crippen LogP contribution in [0, 0.1) is 15.9 Å². The SMILES string of the molecule is CCn1cc([N+](=O)[O-])c(=O)c2cc(F)c(N3C[C@@H](C)N[C@H](C)C3)cc21. The average Bonchev–Trinajstić information content (AvgIpc) is 2.54. The van der Waals surface area contributed by atoms with Crippen molar-refractivity contribution in [1.82, 2.24) is 9.88 Å². The number of anilines is 1. The third-order valence-electron chi connectivity index (χ3n) is 4.57. The topological polar surface area (TPSA) is 80.4 Å². The van der Waals surface area contributed by atoms with E-state index in [0.29, 0.717) is 30.8 Å². The van der Waals surface area contributed by atoms with E-state index in [9.17, 15) is 19.3 Å². The number of hydrogen-bond donors (Lipinski definition) is 1. The Morgan fingerprint density at radius 2 is 1.96 bits per heavy atom. The zero-order valence-corrected chi connectivity index (χ0v) is 14.5. The van der Waals surface area contributed by atoms with Gasteiger partial charge in [-0.1, -0.05) is 0 Å². The van der Waals surface area contributed by atoms with Crippen LogP contribution in [-0.2, 0) is 6.54 Å². The Balaban J connectivity index is 2.20. The monoisotopic (exact) mass is 348 g/mol. The van der Waals surface area contributed by atoms with Crippen molar-refractivity contribution in [3.63, 3.8) is 0 Å². The molecule has 2 atom stereocenters. The third-order valence-corrected chi connectivity index (χ3v) is 4.57. The fourth-order valence-corrected chi connectivity index (χ4v) is 3.54. The summed E-state index contributed by atoms with van der Waals surface area (Å²) in [6.07, 6.45) is 1.23. The van der Waals surface area contributed by atoms with Crippen LogP contribution >= 0.6 is 0 Å². The Bertz CT molecular complexity index is 886. The molecule has 8 heteroatoms. The molecule has 1 aliphatic heterocycles. The van der Waals surface area contributed by atoms with Crippen LogP contribution in [0.1, 0.15) is 20.8 Å². The number of benzene rings is 1. The Kier molecular flexibility index (Phi) is 4.47. The Labute approximate surface area is 144 Å². The van der Waals surface area contributed by atoms with E-state index in [0.717, 1.165) is 6.07 Å². The summed E-state index contributed by atoms with van der Waals surface area (Å²) >= 11 is 0. The number of fused-ring (bicyclic) bond motifs is 1. The van der Waals surface area contributed by atoms with Crippen molar-refractivity contribution in [2.24, 2.45) is 0 Å². The maximum Gasteiger partial charge on any atom is 0.332 e. The average molecular weight is 348 g/mol. The molecule has 0 saturated carbocycles. The highest BCUT2D eigenvalue weighted by atomic mass is 19.1. The first kappa shape index (κ1) is 17.3. The molecule has 0 aliphatic carbocycles. The van der Waals surface area contributed by atoms with Crippen LogP contribution in [0.5, 0.6) is 0 Å². The van der Waals surface area contributed by atoms with Crippen molar-refractivity contribution in [2.45, 2.75) is 39.4 Å². The predicted molar refractivity (Wildman–Crippen MR) is 94.8 cm³/mol. The minimum absolute atomic E-state index is 0.0357. The lowest BCUT2D eigenvalue weighted by atomic mass is 10.1. The van der Waals surface area contributed by atoms with E-state index in [2.05, 4.69) is 5.32 Å². The molecule has 25 heavy (non-hydrogen) atoms. The molecule has 3 rings (SSSR count). The highest BCUT2D eigenvalue weighted by Crippen LogP contribution is 2.27. The summed E-state index contributed by atoms with van der Waals surface area (Å²) in [5.74, 6) is -0.533. The maximum absolute atomic E-state index is 14.7. The van der Waals surface area contributed by atoms with Crippen LogP contribution in [0.4, 0.5) is 15.8 Å². The highest BCUT2D eigenvalue weighted by Gasteiger charge is 2.25. The van der Waals surface area contributed by atoms with E-state index in [1.54, 1.807) is 10.6 Å². The first-order chi connectivity index (χ1) is 11.8. The van der Waals surface area contributed by atoms with Gasteiger partial charge in [-0.15, -0.1) is 0 Å². The molecule has 134 valence electrons. The second-order valence-electron chi connectivity index (χ2n) is 6.58. The summed E-state index contributed by atoms with van der Waals surface area (Å²) in [6.45, 7) is 7.63. The van der Waals surface area contributed by atoms with Gasteiger partial charge in [-0.25, -0.2) is 4.39 Å². The molecular formula is C17H21FN4O3. The van der Waals surface area contributed by atoms with Crippen molar-refractivity contribution < 1.29 is 9.31 Å². The lowest BCUT2D eigenvalue weighted by Gasteiger charge is -2.37. The third kappa shape index (κ3) is 3.09. The molecule has 1 saturated heterocycles. The van der Waals surface area contributed by atoms with Gasteiger partial charge in [-0.05, 0) is 32.9 Å². The number of nitrogens with one attached hydrogen (secondary N) is 1. The fourth-order valence-electron chi connectivity index (χ4n) is 3.54. The van der Waals surface area contributed by atoms with Crippen LogP contribution in [0.15, 0.2) is 23.1 Å². The van der Waals surface area contributed by atoms with E-state index in [1.165, 1.54) is 6.20 Å². The number of nitrogens with zero attached hydrogens (tertiary/aromatic N) is 3. The largest absolute Gasteiger partial charge is 0.366 e. The quantitative estimate of drug-likeness (QED) is 0.680. The number of rotatable bonds is 3. The van der Waals surface area contributed by atoms with Crippen molar-refractivity contribution in [1.29, 1.82) is 0 Å². The number of halogens is 1. The number of piperazine rings is 1. The molecule has 1 aliphatic rings. The normalized spacial score (nSPS) is 20.9. The maximum atomic E-state index is 14.7. The summed E-state index contributed by atoms with van der Waals surface area (Å²) in [7, 11) is 0. The van der Waals surface area contributed by atoms with E-state index in [-0.39, 0.29) is 17.5 Å². The summed E-state index contributed by atoms with van der Waals surface area (Å²) in [4.78, 5) is 24.7. The van der Waals surface area contributed by atoms with Gasteiger partial charge in [0.1, 0.15) is 5.82 Å².